The van der Waals surface area contributed by atoms with E-state index in [1.807, 2.05) is 26.0 Å². The predicted molar refractivity (Wildman–Crippen MR) is 71.5 cm³/mol. The summed E-state index contributed by atoms with van der Waals surface area (Å²) in [6, 6.07) is 5.38. The van der Waals surface area contributed by atoms with Crippen LogP contribution >= 0.6 is 12.6 Å². The van der Waals surface area contributed by atoms with Gasteiger partial charge in [-0.2, -0.15) is 0 Å². The van der Waals surface area contributed by atoms with Crippen LogP contribution in [0, 0.1) is 6.92 Å². The molecule has 0 saturated heterocycles. The summed E-state index contributed by atoms with van der Waals surface area (Å²) in [5.74, 6) is 0. The molecule has 0 aromatic heterocycles. The third-order valence-electron chi connectivity index (χ3n) is 2.33. The van der Waals surface area contributed by atoms with Gasteiger partial charge in [0.2, 0.25) is 0 Å². The van der Waals surface area contributed by atoms with Crippen LogP contribution in [0.2, 0.25) is 0 Å². The van der Waals surface area contributed by atoms with Gasteiger partial charge in [0, 0.05) is 11.2 Å². The molecule has 16 heavy (non-hydrogen) atoms. The van der Waals surface area contributed by atoms with E-state index in [0.717, 1.165) is 21.6 Å². The number of sulfone groups is 1. The molecule has 0 bridgehead atoms. The Morgan fingerprint density at radius 1 is 1.25 bits per heavy atom. The highest BCUT2D eigenvalue weighted by Crippen LogP contribution is 2.26. The van der Waals surface area contributed by atoms with E-state index in [-0.39, 0.29) is 0 Å². The summed E-state index contributed by atoms with van der Waals surface area (Å²) in [7, 11) is -3.17. The molecule has 0 spiro atoms. The molecule has 4 heteroatoms. The lowest BCUT2D eigenvalue weighted by atomic mass is 10.1. The minimum Gasteiger partial charge on any atom is -0.224 e. The molecule has 0 fully saturated rings. The first kappa shape index (κ1) is 13.3. The first-order valence-electron chi connectivity index (χ1n) is 4.91. The molecule has 0 aliphatic carbocycles. The van der Waals surface area contributed by atoms with Gasteiger partial charge in [-0.15, -0.1) is 12.6 Å². The molecule has 2 nitrogen and oxygen atoms in total. The van der Waals surface area contributed by atoms with Gasteiger partial charge in [-0.25, -0.2) is 8.42 Å². The Kier molecular flexibility index (Phi) is 3.86. The Balaban J connectivity index is 3.47. The van der Waals surface area contributed by atoms with E-state index in [9.17, 15) is 8.42 Å². The van der Waals surface area contributed by atoms with E-state index < -0.39 is 9.84 Å². The molecular formula is C12H16O2S2. The molecule has 0 unspecified atom stereocenters. The maximum atomic E-state index is 11.6. The number of hydrogen-bond donors (Lipinski definition) is 1. The lowest BCUT2D eigenvalue weighted by Crippen LogP contribution is -2.00. The van der Waals surface area contributed by atoms with Crippen LogP contribution < -0.4 is 0 Å². The summed E-state index contributed by atoms with van der Waals surface area (Å²) in [6.45, 7) is 5.69. The van der Waals surface area contributed by atoms with Crippen LogP contribution in [-0.2, 0) is 9.84 Å². The fraction of sp³-hybridized carbons (Fsp3) is 0.333. The van der Waals surface area contributed by atoms with Crippen molar-refractivity contribution in [2.24, 2.45) is 0 Å². The maximum absolute atomic E-state index is 11.6. The van der Waals surface area contributed by atoms with E-state index in [2.05, 4.69) is 12.6 Å². The highest BCUT2D eigenvalue weighted by molar-refractivity contribution is 7.91. The zero-order valence-corrected chi connectivity index (χ0v) is 11.6. The van der Waals surface area contributed by atoms with Gasteiger partial charge in [0.25, 0.3) is 0 Å². The highest BCUT2D eigenvalue weighted by Gasteiger charge is 2.12. The van der Waals surface area contributed by atoms with Crippen molar-refractivity contribution in [3.05, 3.63) is 34.9 Å². The fourth-order valence-electron chi connectivity index (χ4n) is 1.44. The van der Waals surface area contributed by atoms with Gasteiger partial charge in [0.05, 0.1) is 4.90 Å². The third kappa shape index (κ3) is 2.89. The van der Waals surface area contributed by atoms with Crippen molar-refractivity contribution in [1.29, 1.82) is 0 Å². The molecule has 0 heterocycles. The van der Waals surface area contributed by atoms with Crippen LogP contribution in [-0.4, -0.2) is 14.7 Å². The standard InChI is InChI=1S/C12H16O2S2/c1-8(2)12(15)10-6-5-9(3)11(7-10)16(4,13)14/h5-7,15H,1-4H3. The van der Waals surface area contributed by atoms with Gasteiger partial charge >= 0.3 is 0 Å². The lowest BCUT2D eigenvalue weighted by molar-refractivity contribution is 0.601. The second-order valence-corrected chi connectivity index (χ2v) is 6.53. The molecule has 0 N–H and O–H groups in total. The Morgan fingerprint density at radius 2 is 1.81 bits per heavy atom. The van der Waals surface area contributed by atoms with E-state index in [1.54, 1.807) is 13.0 Å². The smallest absolute Gasteiger partial charge is 0.175 e. The summed E-state index contributed by atoms with van der Waals surface area (Å²) in [5.41, 5.74) is 2.67. The zero-order chi connectivity index (χ0) is 12.5. The second-order valence-electron chi connectivity index (χ2n) is 4.10. The molecular weight excluding hydrogens is 240 g/mol. The van der Waals surface area contributed by atoms with Crippen molar-refractivity contribution in [2.75, 3.05) is 6.26 Å². The van der Waals surface area contributed by atoms with Gasteiger partial charge in [-0.3, -0.25) is 0 Å². The van der Waals surface area contributed by atoms with E-state index in [4.69, 9.17) is 0 Å². The first-order chi connectivity index (χ1) is 7.23. The monoisotopic (exact) mass is 256 g/mol. The number of rotatable bonds is 2. The van der Waals surface area contributed by atoms with Crippen LogP contribution in [0.15, 0.2) is 28.7 Å². The quantitative estimate of drug-likeness (QED) is 0.825. The van der Waals surface area contributed by atoms with Crippen LogP contribution in [0.5, 0.6) is 0 Å². The van der Waals surface area contributed by atoms with Crippen molar-refractivity contribution < 1.29 is 8.42 Å². The minimum absolute atomic E-state index is 0.373. The van der Waals surface area contributed by atoms with Gasteiger partial charge in [-0.1, -0.05) is 17.7 Å². The predicted octanol–water partition coefficient (Wildman–Crippen LogP) is 3.08. The van der Waals surface area contributed by atoms with Crippen molar-refractivity contribution >= 4 is 27.4 Å². The molecule has 88 valence electrons. The summed E-state index contributed by atoms with van der Waals surface area (Å²) >= 11 is 4.38. The minimum atomic E-state index is -3.17. The van der Waals surface area contributed by atoms with Crippen molar-refractivity contribution in [1.82, 2.24) is 0 Å². The second kappa shape index (κ2) is 4.63. The van der Waals surface area contributed by atoms with E-state index >= 15 is 0 Å². The molecule has 0 aliphatic heterocycles. The Morgan fingerprint density at radius 3 is 2.25 bits per heavy atom. The van der Waals surface area contributed by atoms with Crippen LogP contribution in [0.3, 0.4) is 0 Å². The maximum Gasteiger partial charge on any atom is 0.175 e. The molecule has 0 saturated carbocycles. The van der Waals surface area contributed by atoms with Crippen LogP contribution in [0.4, 0.5) is 0 Å². The fourth-order valence-corrected chi connectivity index (χ4v) is 2.57. The van der Waals surface area contributed by atoms with Gasteiger partial charge in [0.1, 0.15) is 0 Å². The van der Waals surface area contributed by atoms with Gasteiger partial charge < -0.3 is 0 Å². The number of benzene rings is 1. The topological polar surface area (TPSA) is 34.1 Å². The third-order valence-corrected chi connectivity index (χ3v) is 4.28. The van der Waals surface area contributed by atoms with E-state index in [1.165, 1.54) is 6.26 Å². The number of hydrogen-bond acceptors (Lipinski definition) is 3. The summed E-state index contributed by atoms with van der Waals surface area (Å²) in [5, 5.41) is 0. The van der Waals surface area contributed by atoms with Gasteiger partial charge in [-0.05, 0) is 38.0 Å². The first-order valence-corrected chi connectivity index (χ1v) is 7.25. The van der Waals surface area contributed by atoms with Crippen molar-refractivity contribution in [3.63, 3.8) is 0 Å². The normalized spacial score (nSPS) is 11.3. The Labute approximate surface area is 103 Å². The molecule has 0 radical (unpaired) electrons. The molecule has 1 aromatic carbocycles. The molecule has 0 atom stereocenters. The van der Waals surface area contributed by atoms with Crippen LogP contribution in [0.25, 0.3) is 4.91 Å². The summed E-state index contributed by atoms with van der Waals surface area (Å²) in [6.07, 6.45) is 1.22. The summed E-state index contributed by atoms with van der Waals surface area (Å²) in [4.78, 5) is 1.20. The van der Waals surface area contributed by atoms with Crippen LogP contribution in [0.1, 0.15) is 25.0 Å². The lowest BCUT2D eigenvalue weighted by Gasteiger charge is -2.08. The van der Waals surface area contributed by atoms with Gasteiger partial charge in [0.15, 0.2) is 9.84 Å². The average Bonchev–Trinajstić information content (AvgIpc) is 2.15. The SMILES string of the molecule is CC(C)=C(S)c1ccc(C)c(S(C)(=O)=O)c1. The Hall–Kier alpha value is -0.740. The molecule has 0 amide bonds. The number of aryl methyl sites for hydroxylation is 1. The van der Waals surface area contributed by atoms with Crippen molar-refractivity contribution in [2.45, 2.75) is 25.7 Å². The number of allylic oxidation sites excluding steroid dienone is 1. The van der Waals surface area contributed by atoms with E-state index in [0.29, 0.717) is 4.90 Å². The summed E-state index contributed by atoms with van der Waals surface area (Å²) < 4.78 is 23.1. The molecule has 1 rings (SSSR count). The molecule has 1 aromatic rings. The average molecular weight is 256 g/mol. The highest BCUT2D eigenvalue weighted by atomic mass is 32.2. The largest absolute Gasteiger partial charge is 0.224 e. The number of thiol groups is 1. The zero-order valence-electron chi connectivity index (χ0n) is 9.90. The van der Waals surface area contributed by atoms with Crippen molar-refractivity contribution in [3.8, 4) is 0 Å². The molecule has 0 aliphatic rings. The Bertz CT molecular complexity index is 536.